The number of benzene rings is 1. The third-order valence-electron chi connectivity index (χ3n) is 4.52. The lowest BCUT2D eigenvalue weighted by Crippen LogP contribution is -2.45. The van der Waals surface area contributed by atoms with Gasteiger partial charge in [0.2, 0.25) is 0 Å². The van der Waals surface area contributed by atoms with Crippen molar-refractivity contribution in [1.29, 1.82) is 0 Å². The first-order valence-corrected chi connectivity index (χ1v) is 7.23. The molecule has 3 rings (SSSR count). The molecule has 104 valence electrons. The number of hydrogen-bond donors (Lipinski definition) is 1. The number of hydrogen-bond acceptors (Lipinski definition) is 3. The second kappa shape index (κ2) is 5.14. The summed E-state index contributed by atoms with van der Waals surface area (Å²) in [4.78, 5) is 0. The molecule has 0 bridgehead atoms. The van der Waals surface area contributed by atoms with Gasteiger partial charge in [-0.3, -0.25) is 0 Å². The van der Waals surface area contributed by atoms with Gasteiger partial charge in [0.25, 0.3) is 0 Å². The molecule has 19 heavy (non-hydrogen) atoms. The van der Waals surface area contributed by atoms with Crippen molar-refractivity contribution in [3.8, 4) is 0 Å². The average molecular weight is 261 g/mol. The Morgan fingerprint density at radius 1 is 1.26 bits per heavy atom. The number of rotatable bonds is 2. The Hall–Kier alpha value is -1.06. The molecule has 1 aromatic rings. The van der Waals surface area contributed by atoms with Gasteiger partial charge < -0.3 is 14.8 Å². The lowest BCUT2D eigenvalue weighted by molar-refractivity contribution is -0.0828. The van der Waals surface area contributed by atoms with Crippen molar-refractivity contribution in [2.45, 2.75) is 44.8 Å². The summed E-state index contributed by atoms with van der Waals surface area (Å²) in [5.41, 5.74) is 3.94. The van der Waals surface area contributed by atoms with Crippen molar-refractivity contribution < 1.29 is 9.47 Å². The van der Waals surface area contributed by atoms with Crippen LogP contribution >= 0.6 is 0 Å². The van der Waals surface area contributed by atoms with E-state index in [1.165, 1.54) is 16.8 Å². The maximum absolute atomic E-state index is 5.98. The van der Waals surface area contributed by atoms with Gasteiger partial charge in [-0.25, -0.2) is 0 Å². The van der Waals surface area contributed by atoms with Crippen LogP contribution in [-0.4, -0.2) is 31.5 Å². The van der Waals surface area contributed by atoms with E-state index >= 15 is 0 Å². The van der Waals surface area contributed by atoms with Crippen LogP contribution in [0.2, 0.25) is 0 Å². The van der Waals surface area contributed by atoms with E-state index in [2.05, 4.69) is 37.4 Å². The molecule has 0 amide bonds. The topological polar surface area (TPSA) is 30.5 Å². The van der Waals surface area contributed by atoms with Gasteiger partial charge in [0.1, 0.15) is 0 Å². The quantitative estimate of drug-likeness (QED) is 0.887. The Balaban J connectivity index is 1.71. The van der Waals surface area contributed by atoms with Crippen LogP contribution in [0.5, 0.6) is 0 Å². The summed E-state index contributed by atoms with van der Waals surface area (Å²) in [6.45, 7) is 6.79. The normalized spacial score (nSPS) is 30.7. The van der Waals surface area contributed by atoms with Crippen molar-refractivity contribution in [3.63, 3.8) is 0 Å². The van der Waals surface area contributed by atoms with E-state index in [1.807, 2.05) is 0 Å². The Morgan fingerprint density at radius 3 is 2.95 bits per heavy atom. The minimum atomic E-state index is -0.0202. The van der Waals surface area contributed by atoms with E-state index in [0.717, 1.165) is 39.1 Å². The zero-order chi connectivity index (χ0) is 13.3. The summed E-state index contributed by atoms with van der Waals surface area (Å²) < 4.78 is 11.5. The molecule has 1 aromatic carbocycles. The first-order chi connectivity index (χ1) is 9.19. The Morgan fingerprint density at radius 2 is 2.16 bits per heavy atom. The van der Waals surface area contributed by atoms with Gasteiger partial charge in [-0.05, 0) is 43.9 Å². The molecule has 3 nitrogen and oxygen atoms in total. The monoisotopic (exact) mass is 261 g/mol. The van der Waals surface area contributed by atoms with Crippen LogP contribution < -0.4 is 5.32 Å². The summed E-state index contributed by atoms with van der Waals surface area (Å²) in [6.07, 6.45) is 3.17. The molecule has 0 radical (unpaired) electrons. The molecule has 2 saturated heterocycles. The third kappa shape index (κ3) is 2.63. The summed E-state index contributed by atoms with van der Waals surface area (Å²) in [5, 5.41) is 3.71. The summed E-state index contributed by atoms with van der Waals surface area (Å²) in [6, 6.07) is 6.96. The predicted octanol–water partition coefficient (Wildman–Crippen LogP) is 3.05. The molecule has 2 unspecified atom stereocenters. The van der Waals surface area contributed by atoms with E-state index in [1.54, 1.807) is 0 Å². The Bertz CT molecular complexity index is 452. The van der Waals surface area contributed by atoms with Crippen molar-refractivity contribution in [2.75, 3.05) is 25.1 Å². The summed E-state index contributed by atoms with van der Waals surface area (Å²) >= 11 is 0. The highest BCUT2D eigenvalue weighted by molar-refractivity contribution is 5.54. The Kier molecular flexibility index (Phi) is 3.50. The second-order valence-corrected chi connectivity index (χ2v) is 5.92. The average Bonchev–Trinajstić information content (AvgIpc) is 2.83. The molecule has 1 spiro atoms. The maximum Gasteiger partial charge on any atom is 0.0956 e. The SMILES string of the molecule is Cc1cccc(NC2CCOC3(CCOC3)C2)c1C. The molecular formula is C16H23NO2. The molecule has 1 N–H and O–H groups in total. The highest BCUT2D eigenvalue weighted by Crippen LogP contribution is 2.34. The van der Waals surface area contributed by atoms with E-state index in [9.17, 15) is 0 Å². The molecule has 2 aliphatic rings. The largest absolute Gasteiger partial charge is 0.382 e. The van der Waals surface area contributed by atoms with Crippen LogP contribution in [0.1, 0.15) is 30.4 Å². The van der Waals surface area contributed by atoms with Gasteiger partial charge in [-0.2, -0.15) is 0 Å². The third-order valence-corrected chi connectivity index (χ3v) is 4.52. The van der Waals surface area contributed by atoms with Crippen LogP contribution in [0.3, 0.4) is 0 Å². The van der Waals surface area contributed by atoms with Crippen LogP contribution in [0.25, 0.3) is 0 Å². The van der Waals surface area contributed by atoms with Crippen LogP contribution in [0.15, 0.2) is 18.2 Å². The van der Waals surface area contributed by atoms with Gasteiger partial charge in [0, 0.05) is 31.4 Å². The van der Waals surface area contributed by atoms with Gasteiger partial charge in [0.05, 0.1) is 12.2 Å². The van der Waals surface area contributed by atoms with Crippen LogP contribution in [0.4, 0.5) is 5.69 Å². The Labute approximate surface area is 115 Å². The number of anilines is 1. The van der Waals surface area contributed by atoms with Crippen LogP contribution in [0, 0.1) is 13.8 Å². The number of ether oxygens (including phenoxy) is 2. The minimum absolute atomic E-state index is 0.0202. The van der Waals surface area contributed by atoms with Crippen molar-refractivity contribution in [1.82, 2.24) is 0 Å². The first kappa shape index (κ1) is 12.9. The summed E-state index contributed by atoms with van der Waals surface area (Å²) in [5.74, 6) is 0. The number of aryl methyl sites for hydroxylation is 1. The van der Waals surface area contributed by atoms with Crippen molar-refractivity contribution in [2.24, 2.45) is 0 Å². The fourth-order valence-electron chi connectivity index (χ4n) is 3.14. The van der Waals surface area contributed by atoms with Gasteiger partial charge in [-0.1, -0.05) is 12.1 Å². The minimum Gasteiger partial charge on any atom is -0.382 e. The second-order valence-electron chi connectivity index (χ2n) is 5.92. The number of nitrogens with one attached hydrogen (secondary N) is 1. The molecule has 0 aliphatic carbocycles. The predicted molar refractivity (Wildman–Crippen MR) is 76.7 cm³/mol. The zero-order valence-electron chi connectivity index (χ0n) is 11.9. The van der Waals surface area contributed by atoms with E-state index in [0.29, 0.717) is 6.04 Å². The van der Waals surface area contributed by atoms with Crippen molar-refractivity contribution in [3.05, 3.63) is 29.3 Å². The molecule has 2 fully saturated rings. The smallest absolute Gasteiger partial charge is 0.0956 e. The first-order valence-electron chi connectivity index (χ1n) is 7.23. The molecule has 3 heteroatoms. The fourth-order valence-corrected chi connectivity index (χ4v) is 3.14. The molecule has 0 saturated carbocycles. The lowest BCUT2D eigenvalue weighted by Gasteiger charge is -2.38. The zero-order valence-corrected chi connectivity index (χ0v) is 11.9. The molecular weight excluding hydrogens is 238 g/mol. The van der Waals surface area contributed by atoms with E-state index in [-0.39, 0.29) is 5.60 Å². The highest BCUT2D eigenvalue weighted by atomic mass is 16.6. The van der Waals surface area contributed by atoms with Gasteiger partial charge in [0.15, 0.2) is 0 Å². The van der Waals surface area contributed by atoms with E-state index < -0.39 is 0 Å². The summed E-state index contributed by atoms with van der Waals surface area (Å²) in [7, 11) is 0. The van der Waals surface area contributed by atoms with Crippen LogP contribution in [-0.2, 0) is 9.47 Å². The highest BCUT2D eigenvalue weighted by Gasteiger charge is 2.41. The molecule has 0 aromatic heterocycles. The maximum atomic E-state index is 5.98. The van der Waals surface area contributed by atoms with Gasteiger partial charge in [-0.15, -0.1) is 0 Å². The fraction of sp³-hybridized carbons (Fsp3) is 0.625. The molecule has 2 aliphatic heterocycles. The molecule has 2 heterocycles. The van der Waals surface area contributed by atoms with E-state index in [4.69, 9.17) is 9.47 Å². The van der Waals surface area contributed by atoms with Gasteiger partial charge >= 0.3 is 0 Å². The molecule has 2 atom stereocenters. The lowest BCUT2D eigenvalue weighted by atomic mass is 9.89. The standard InChI is InChI=1S/C16H23NO2/c1-12-4-3-5-15(13(12)2)17-14-6-8-19-16(10-14)7-9-18-11-16/h3-5,14,17H,6-11H2,1-2H3. The van der Waals surface area contributed by atoms with Crippen molar-refractivity contribution >= 4 is 5.69 Å².